The molecule has 3 N–H and O–H groups in total. The van der Waals surface area contributed by atoms with Gasteiger partial charge in [0.25, 0.3) is 0 Å². The molecule has 1 amide bonds. The van der Waals surface area contributed by atoms with Gasteiger partial charge in [0.15, 0.2) is 0 Å². The van der Waals surface area contributed by atoms with Crippen molar-refractivity contribution in [1.29, 1.82) is 0 Å². The molecule has 1 aromatic carbocycles. The number of aryl methyl sites for hydroxylation is 1. The topological polar surface area (TPSA) is 55.1 Å². The van der Waals surface area contributed by atoms with Crippen LogP contribution in [0.3, 0.4) is 0 Å². The molecule has 14 heavy (non-hydrogen) atoms. The van der Waals surface area contributed by atoms with Gasteiger partial charge in [0.2, 0.25) is 5.91 Å². The van der Waals surface area contributed by atoms with Crippen molar-refractivity contribution in [2.24, 2.45) is 5.73 Å². The molecule has 0 aromatic heterocycles. The number of carbonyl (C=O) groups is 1. The van der Waals surface area contributed by atoms with Gasteiger partial charge in [-0.2, -0.15) is 0 Å². The lowest BCUT2D eigenvalue weighted by molar-refractivity contribution is -0.118. The van der Waals surface area contributed by atoms with Crippen LogP contribution in [0.25, 0.3) is 0 Å². The highest BCUT2D eigenvalue weighted by molar-refractivity contribution is 5.82. The van der Waals surface area contributed by atoms with Gasteiger partial charge in [0, 0.05) is 5.69 Å². The first-order valence-electron chi connectivity index (χ1n) is 4.64. The summed E-state index contributed by atoms with van der Waals surface area (Å²) in [6, 6.07) is 5.60. The van der Waals surface area contributed by atoms with Crippen LogP contribution in [-0.4, -0.2) is 11.9 Å². The van der Waals surface area contributed by atoms with Crippen molar-refractivity contribution in [3.05, 3.63) is 29.3 Å². The largest absolute Gasteiger partial charge is 0.374 e. The molecule has 3 nitrogen and oxygen atoms in total. The molecule has 0 heterocycles. The maximum atomic E-state index is 10.9. The second-order valence-corrected chi connectivity index (χ2v) is 3.52. The number of benzene rings is 1. The molecular formula is C11H16N2O. The Hall–Kier alpha value is -1.51. The Kier molecular flexibility index (Phi) is 3.12. The number of amides is 1. The SMILES string of the molecule is Cc1cccc(N[C@H](C)C(N)=O)c1C. The summed E-state index contributed by atoms with van der Waals surface area (Å²) in [5, 5.41) is 3.08. The summed E-state index contributed by atoms with van der Waals surface area (Å²) in [4.78, 5) is 10.9. The highest BCUT2D eigenvalue weighted by Crippen LogP contribution is 2.18. The molecule has 1 rings (SSSR count). The second kappa shape index (κ2) is 4.13. The molecule has 0 saturated heterocycles. The first-order valence-corrected chi connectivity index (χ1v) is 4.64. The van der Waals surface area contributed by atoms with E-state index in [2.05, 4.69) is 5.32 Å². The molecule has 0 radical (unpaired) electrons. The maximum absolute atomic E-state index is 10.9. The zero-order valence-electron chi connectivity index (χ0n) is 8.79. The minimum Gasteiger partial charge on any atom is -0.374 e. The Balaban J connectivity index is 2.87. The van der Waals surface area contributed by atoms with Gasteiger partial charge in [0.05, 0.1) is 0 Å². The summed E-state index contributed by atoms with van der Waals surface area (Å²) < 4.78 is 0. The number of rotatable bonds is 3. The monoisotopic (exact) mass is 192 g/mol. The summed E-state index contributed by atoms with van der Waals surface area (Å²) >= 11 is 0. The number of nitrogens with two attached hydrogens (primary N) is 1. The molecule has 0 aliphatic rings. The fourth-order valence-corrected chi connectivity index (χ4v) is 1.21. The third-order valence-electron chi connectivity index (χ3n) is 2.40. The van der Waals surface area contributed by atoms with Gasteiger partial charge in [-0.05, 0) is 38.0 Å². The van der Waals surface area contributed by atoms with E-state index in [4.69, 9.17) is 5.73 Å². The summed E-state index contributed by atoms with van der Waals surface area (Å²) in [5.74, 6) is -0.342. The Morgan fingerprint density at radius 2 is 2.07 bits per heavy atom. The average molecular weight is 192 g/mol. The van der Waals surface area contributed by atoms with Gasteiger partial charge in [-0.1, -0.05) is 12.1 Å². The molecule has 0 aliphatic carbocycles. The summed E-state index contributed by atoms with van der Waals surface area (Å²) in [6.45, 7) is 5.81. The molecule has 0 aliphatic heterocycles. The van der Waals surface area contributed by atoms with Crippen LogP contribution in [-0.2, 0) is 4.79 Å². The van der Waals surface area contributed by atoms with Crippen molar-refractivity contribution in [1.82, 2.24) is 0 Å². The van der Waals surface area contributed by atoms with Gasteiger partial charge < -0.3 is 11.1 Å². The van der Waals surface area contributed by atoms with E-state index in [1.807, 2.05) is 32.0 Å². The first kappa shape index (κ1) is 10.6. The number of hydrogen-bond acceptors (Lipinski definition) is 2. The van der Waals surface area contributed by atoms with Crippen LogP contribution >= 0.6 is 0 Å². The number of nitrogens with one attached hydrogen (secondary N) is 1. The third-order valence-corrected chi connectivity index (χ3v) is 2.40. The number of hydrogen-bond donors (Lipinski definition) is 2. The molecule has 0 saturated carbocycles. The van der Waals surface area contributed by atoms with Gasteiger partial charge in [0.1, 0.15) is 6.04 Å². The highest BCUT2D eigenvalue weighted by Gasteiger charge is 2.09. The van der Waals surface area contributed by atoms with E-state index < -0.39 is 0 Å². The van der Waals surface area contributed by atoms with E-state index in [9.17, 15) is 4.79 Å². The zero-order chi connectivity index (χ0) is 10.7. The molecule has 0 fully saturated rings. The number of primary amides is 1. The van der Waals surface area contributed by atoms with Gasteiger partial charge in [-0.3, -0.25) is 4.79 Å². The Morgan fingerprint density at radius 1 is 1.43 bits per heavy atom. The molecule has 0 bridgehead atoms. The van der Waals surface area contributed by atoms with Gasteiger partial charge in [-0.25, -0.2) is 0 Å². The minimum absolute atomic E-state index is 0.338. The van der Waals surface area contributed by atoms with Gasteiger partial charge in [-0.15, -0.1) is 0 Å². The predicted molar refractivity (Wildman–Crippen MR) is 58.2 cm³/mol. The van der Waals surface area contributed by atoms with E-state index in [1.165, 1.54) is 5.56 Å². The van der Waals surface area contributed by atoms with Crippen molar-refractivity contribution < 1.29 is 4.79 Å². The standard InChI is InChI=1S/C11H16N2O/c1-7-5-4-6-10(8(7)2)13-9(3)11(12)14/h4-6,9,13H,1-3H3,(H2,12,14)/t9-/m1/s1. The Bertz CT molecular complexity index is 347. The molecule has 0 spiro atoms. The van der Waals surface area contributed by atoms with Crippen LogP contribution < -0.4 is 11.1 Å². The Labute approximate surface area is 84.3 Å². The number of anilines is 1. The van der Waals surface area contributed by atoms with Crippen molar-refractivity contribution in [3.8, 4) is 0 Å². The summed E-state index contributed by atoms with van der Waals surface area (Å²) in [7, 11) is 0. The molecule has 0 unspecified atom stereocenters. The van der Waals surface area contributed by atoms with Crippen LogP contribution in [0.5, 0.6) is 0 Å². The minimum atomic E-state index is -0.342. The van der Waals surface area contributed by atoms with E-state index >= 15 is 0 Å². The van der Waals surface area contributed by atoms with Crippen LogP contribution in [0, 0.1) is 13.8 Å². The fourth-order valence-electron chi connectivity index (χ4n) is 1.21. The van der Waals surface area contributed by atoms with Crippen molar-refractivity contribution >= 4 is 11.6 Å². The quantitative estimate of drug-likeness (QED) is 0.764. The fraction of sp³-hybridized carbons (Fsp3) is 0.364. The lowest BCUT2D eigenvalue weighted by Crippen LogP contribution is -2.32. The lowest BCUT2D eigenvalue weighted by Gasteiger charge is -2.15. The predicted octanol–water partition coefficient (Wildman–Crippen LogP) is 1.59. The molecule has 1 aromatic rings. The highest BCUT2D eigenvalue weighted by atomic mass is 16.1. The first-order chi connectivity index (χ1) is 6.52. The summed E-state index contributed by atoms with van der Waals surface area (Å²) in [6.07, 6.45) is 0. The van der Waals surface area contributed by atoms with Crippen molar-refractivity contribution in [2.75, 3.05) is 5.32 Å². The summed E-state index contributed by atoms with van der Waals surface area (Å²) in [5.41, 5.74) is 8.49. The van der Waals surface area contributed by atoms with E-state index in [0.29, 0.717) is 0 Å². The average Bonchev–Trinajstić information content (AvgIpc) is 2.12. The lowest BCUT2D eigenvalue weighted by atomic mass is 10.1. The molecule has 3 heteroatoms. The molecular weight excluding hydrogens is 176 g/mol. The molecule has 1 atom stereocenters. The van der Waals surface area contributed by atoms with Crippen LogP contribution in [0.1, 0.15) is 18.1 Å². The van der Waals surface area contributed by atoms with E-state index in [-0.39, 0.29) is 11.9 Å². The maximum Gasteiger partial charge on any atom is 0.239 e. The Morgan fingerprint density at radius 3 is 2.64 bits per heavy atom. The van der Waals surface area contributed by atoms with Crippen LogP contribution in [0.2, 0.25) is 0 Å². The zero-order valence-corrected chi connectivity index (χ0v) is 8.79. The second-order valence-electron chi connectivity index (χ2n) is 3.52. The van der Waals surface area contributed by atoms with Crippen LogP contribution in [0.4, 0.5) is 5.69 Å². The number of carbonyl (C=O) groups excluding carboxylic acids is 1. The normalized spacial score (nSPS) is 12.2. The third kappa shape index (κ3) is 2.25. The van der Waals surface area contributed by atoms with Crippen molar-refractivity contribution in [2.45, 2.75) is 26.8 Å². The smallest absolute Gasteiger partial charge is 0.239 e. The van der Waals surface area contributed by atoms with Gasteiger partial charge >= 0.3 is 0 Å². The van der Waals surface area contributed by atoms with Crippen LogP contribution in [0.15, 0.2) is 18.2 Å². The van der Waals surface area contributed by atoms with E-state index in [0.717, 1.165) is 11.3 Å². The van der Waals surface area contributed by atoms with Crippen molar-refractivity contribution in [3.63, 3.8) is 0 Å². The van der Waals surface area contributed by atoms with E-state index in [1.54, 1.807) is 6.92 Å². The molecule has 76 valence electrons.